The van der Waals surface area contributed by atoms with Crippen LogP contribution in [0.1, 0.15) is 17.0 Å². The number of pyridine rings is 1. The highest BCUT2D eigenvalue weighted by atomic mass is 15.2. The number of nitrogens with zero attached hydrogens (tertiary/aromatic N) is 3. The Morgan fingerprint density at radius 3 is 2.69 bits per heavy atom. The highest BCUT2D eigenvalue weighted by Crippen LogP contribution is 2.07. The summed E-state index contributed by atoms with van der Waals surface area (Å²) in [7, 11) is 0. The minimum absolute atomic E-state index is 0.671. The van der Waals surface area contributed by atoms with Crippen LogP contribution in [0.15, 0.2) is 30.5 Å². The molecule has 2 aromatic heterocycles. The predicted octanol–water partition coefficient (Wildman–Crippen LogP) is 2.10. The van der Waals surface area contributed by atoms with E-state index in [0.717, 1.165) is 17.2 Å². The summed E-state index contributed by atoms with van der Waals surface area (Å²) in [6.45, 7) is 4.63. The highest BCUT2D eigenvalue weighted by molar-refractivity contribution is 5.34. The Kier molecular flexibility index (Phi) is 3.10. The summed E-state index contributed by atoms with van der Waals surface area (Å²) in [6.07, 6.45) is 1.80. The van der Waals surface area contributed by atoms with Crippen molar-refractivity contribution in [3.05, 3.63) is 47.4 Å². The number of aromatic nitrogens is 3. The van der Waals surface area contributed by atoms with Crippen LogP contribution in [0, 0.1) is 13.8 Å². The fourth-order valence-corrected chi connectivity index (χ4v) is 1.37. The normalized spacial score (nSPS) is 10.1. The van der Waals surface area contributed by atoms with Crippen LogP contribution in [0.25, 0.3) is 0 Å². The summed E-state index contributed by atoms with van der Waals surface area (Å²) < 4.78 is 0. The summed E-state index contributed by atoms with van der Waals surface area (Å²) in [5, 5.41) is 11.2. The molecule has 1 N–H and O–H groups in total. The smallest absolute Gasteiger partial charge is 0.148 e. The fraction of sp³-hybridized carbons (Fsp3) is 0.250. The maximum atomic E-state index is 4.30. The number of hydrogen-bond donors (Lipinski definition) is 1. The molecule has 2 aromatic rings. The number of hydrogen-bond acceptors (Lipinski definition) is 4. The van der Waals surface area contributed by atoms with Crippen LogP contribution in [0.2, 0.25) is 0 Å². The summed E-state index contributed by atoms with van der Waals surface area (Å²) in [5.74, 6) is 0.774. The van der Waals surface area contributed by atoms with Gasteiger partial charge < -0.3 is 5.32 Å². The lowest BCUT2D eigenvalue weighted by molar-refractivity contribution is 0.945. The Morgan fingerprint density at radius 1 is 1.12 bits per heavy atom. The van der Waals surface area contributed by atoms with Gasteiger partial charge in [-0.05, 0) is 37.6 Å². The second-order valence-corrected chi connectivity index (χ2v) is 3.68. The van der Waals surface area contributed by atoms with Crippen LogP contribution < -0.4 is 5.32 Å². The van der Waals surface area contributed by atoms with Crippen molar-refractivity contribution >= 4 is 5.82 Å². The monoisotopic (exact) mass is 214 g/mol. The topological polar surface area (TPSA) is 50.7 Å². The Balaban J connectivity index is 2.02. The Bertz CT molecular complexity index is 465. The van der Waals surface area contributed by atoms with Crippen molar-refractivity contribution in [2.24, 2.45) is 0 Å². The Labute approximate surface area is 94.8 Å². The molecule has 16 heavy (non-hydrogen) atoms. The van der Waals surface area contributed by atoms with Gasteiger partial charge in [0.1, 0.15) is 5.82 Å². The molecule has 0 aliphatic rings. The van der Waals surface area contributed by atoms with Crippen LogP contribution in [0.4, 0.5) is 5.82 Å². The van der Waals surface area contributed by atoms with Gasteiger partial charge in [-0.2, -0.15) is 5.10 Å². The van der Waals surface area contributed by atoms with E-state index in [1.807, 2.05) is 38.1 Å². The first kappa shape index (κ1) is 10.5. The van der Waals surface area contributed by atoms with E-state index in [1.165, 1.54) is 5.56 Å². The molecule has 2 heterocycles. The molecule has 0 spiro atoms. The van der Waals surface area contributed by atoms with Gasteiger partial charge >= 0.3 is 0 Å². The summed E-state index contributed by atoms with van der Waals surface area (Å²) in [5.41, 5.74) is 3.12. The molecule has 82 valence electrons. The largest absolute Gasteiger partial charge is 0.363 e. The SMILES string of the molecule is Cc1ccc(NCc2ncccc2C)nn1. The summed E-state index contributed by atoms with van der Waals surface area (Å²) in [6, 6.07) is 7.83. The zero-order chi connectivity index (χ0) is 11.4. The van der Waals surface area contributed by atoms with E-state index in [0.29, 0.717) is 6.54 Å². The molecule has 0 aromatic carbocycles. The first-order chi connectivity index (χ1) is 7.75. The van der Waals surface area contributed by atoms with Crippen molar-refractivity contribution in [2.75, 3.05) is 5.32 Å². The van der Waals surface area contributed by atoms with Crippen LogP contribution in [-0.2, 0) is 6.54 Å². The molecule has 0 bridgehead atoms. The van der Waals surface area contributed by atoms with E-state index < -0.39 is 0 Å². The molecule has 2 rings (SSSR count). The van der Waals surface area contributed by atoms with Gasteiger partial charge in [-0.25, -0.2) is 0 Å². The van der Waals surface area contributed by atoms with Crippen LogP contribution in [0.5, 0.6) is 0 Å². The summed E-state index contributed by atoms with van der Waals surface area (Å²) in [4.78, 5) is 4.30. The lowest BCUT2D eigenvalue weighted by atomic mass is 10.2. The van der Waals surface area contributed by atoms with Crippen LogP contribution >= 0.6 is 0 Å². The zero-order valence-corrected chi connectivity index (χ0v) is 9.44. The van der Waals surface area contributed by atoms with Gasteiger partial charge in [0, 0.05) is 6.20 Å². The number of aryl methyl sites for hydroxylation is 2. The minimum atomic E-state index is 0.671. The number of nitrogens with one attached hydrogen (secondary N) is 1. The maximum Gasteiger partial charge on any atom is 0.148 e. The molecular weight excluding hydrogens is 200 g/mol. The van der Waals surface area contributed by atoms with Crippen molar-refractivity contribution in [3.8, 4) is 0 Å². The van der Waals surface area contributed by atoms with E-state index >= 15 is 0 Å². The van der Waals surface area contributed by atoms with Gasteiger partial charge in [-0.3, -0.25) is 4.98 Å². The second-order valence-electron chi connectivity index (χ2n) is 3.68. The third-order valence-corrected chi connectivity index (χ3v) is 2.35. The van der Waals surface area contributed by atoms with Crippen LogP contribution in [0.3, 0.4) is 0 Å². The third-order valence-electron chi connectivity index (χ3n) is 2.35. The molecule has 0 amide bonds. The van der Waals surface area contributed by atoms with E-state index in [-0.39, 0.29) is 0 Å². The van der Waals surface area contributed by atoms with E-state index in [2.05, 4.69) is 20.5 Å². The van der Waals surface area contributed by atoms with Crippen molar-refractivity contribution in [1.29, 1.82) is 0 Å². The first-order valence-electron chi connectivity index (χ1n) is 5.20. The average molecular weight is 214 g/mol. The first-order valence-corrected chi connectivity index (χ1v) is 5.20. The number of anilines is 1. The van der Waals surface area contributed by atoms with E-state index in [9.17, 15) is 0 Å². The molecule has 0 aliphatic heterocycles. The Hall–Kier alpha value is -1.97. The van der Waals surface area contributed by atoms with E-state index in [1.54, 1.807) is 6.20 Å². The number of rotatable bonds is 3. The van der Waals surface area contributed by atoms with Gasteiger partial charge in [0.2, 0.25) is 0 Å². The molecule has 4 nitrogen and oxygen atoms in total. The van der Waals surface area contributed by atoms with Crippen LogP contribution in [-0.4, -0.2) is 15.2 Å². The van der Waals surface area contributed by atoms with Gasteiger partial charge in [-0.15, -0.1) is 5.10 Å². The lowest BCUT2D eigenvalue weighted by Crippen LogP contribution is -2.05. The quantitative estimate of drug-likeness (QED) is 0.850. The molecule has 0 atom stereocenters. The van der Waals surface area contributed by atoms with Crippen molar-refractivity contribution in [3.63, 3.8) is 0 Å². The summed E-state index contributed by atoms with van der Waals surface area (Å²) >= 11 is 0. The molecule has 4 heteroatoms. The minimum Gasteiger partial charge on any atom is -0.363 e. The molecular formula is C12H14N4. The van der Waals surface area contributed by atoms with Gasteiger partial charge in [0.25, 0.3) is 0 Å². The highest BCUT2D eigenvalue weighted by Gasteiger charge is 1.99. The second kappa shape index (κ2) is 4.70. The fourth-order valence-electron chi connectivity index (χ4n) is 1.37. The Morgan fingerprint density at radius 2 is 2.00 bits per heavy atom. The van der Waals surface area contributed by atoms with Crippen molar-refractivity contribution in [1.82, 2.24) is 15.2 Å². The molecule has 0 aliphatic carbocycles. The average Bonchev–Trinajstić information content (AvgIpc) is 2.30. The van der Waals surface area contributed by atoms with Gasteiger partial charge in [0.05, 0.1) is 17.9 Å². The lowest BCUT2D eigenvalue weighted by Gasteiger charge is -2.06. The predicted molar refractivity (Wildman–Crippen MR) is 63.1 cm³/mol. The van der Waals surface area contributed by atoms with E-state index in [4.69, 9.17) is 0 Å². The van der Waals surface area contributed by atoms with Crippen molar-refractivity contribution in [2.45, 2.75) is 20.4 Å². The molecule has 0 saturated carbocycles. The molecule has 0 saturated heterocycles. The maximum absolute atomic E-state index is 4.30. The molecule has 0 fully saturated rings. The van der Waals surface area contributed by atoms with Gasteiger partial charge in [-0.1, -0.05) is 6.07 Å². The molecule has 0 unspecified atom stereocenters. The van der Waals surface area contributed by atoms with Gasteiger partial charge in [0.15, 0.2) is 0 Å². The third kappa shape index (κ3) is 2.53. The standard InChI is InChI=1S/C12H14N4/c1-9-4-3-7-13-11(9)8-14-12-6-5-10(2)15-16-12/h3-7H,8H2,1-2H3,(H,14,16). The molecule has 0 radical (unpaired) electrons. The van der Waals surface area contributed by atoms with Crippen molar-refractivity contribution < 1.29 is 0 Å². The zero-order valence-electron chi connectivity index (χ0n) is 9.44.